The fourth-order valence-corrected chi connectivity index (χ4v) is 2.26. The number of nitrogens with one attached hydrogen (secondary N) is 2. The number of anilines is 3. The Hall–Kier alpha value is -3.03. The van der Waals surface area contributed by atoms with Gasteiger partial charge in [0.2, 0.25) is 0 Å². The van der Waals surface area contributed by atoms with Crippen molar-refractivity contribution >= 4 is 23.3 Å². The van der Waals surface area contributed by atoms with Crippen LogP contribution in [-0.2, 0) is 4.74 Å². The Morgan fingerprint density at radius 3 is 2.27 bits per heavy atom. The molecule has 2 aromatic rings. The number of carbonyl (C=O) groups excluding carboxylic acids is 1. The fourth-order valence-electron chi connectivity index (χ4n) is 2.26. The molecule has 2 rings (SSSR count). The maximum absolute atomic E-state index is 14.2. The van der Waals surface area contributed by atoms with Gasteiger partial charge in [-0.2, -0.15) is 0 Å². The van der Waals surface area contributed by atoms with E-state index in [1.165, 1.54) is 14.2 Å². The number of methoxy groups -OCH3 is 2. The van der Waals surface area contributed by atoms with E-state index >= 15 is 0 Å². The molecule has 0 unspecified atom stereocenters. The van der Waals surface area contributed by atoms with Crippen LogP contribution >= 0.6 is 0 Å². The van der Waals surface area contributed by atoms with Crippen LogP contribution in [0.2, 0.25) is 0 Å². The summed E-state index contributed by atoms with van der Waals surface area (Å²) in [5.74, 6) is 0.00843. The van der Waals surface area contributed by atoms with E-state index in [0.29, 0.717) is 23.7 Å². The Balaban J connectivity index is 2.48. The molecular weight excluding hydrogens is 341 g/mol. The highest BCUT2D eigenvalue weighted by Gasteiger charge is 2.19. The Kier molecular flexibility index (Phi) is 6.60. The molecule has 0 fully saturated rings. The molecule has 2 N–H and O–H groups in total. The Bertz CT molecular complexity index is 761. The summed E-state index contributed by atoms with van der Waals surface area (Å²) in [6, 6.07) is 6.22. The van der Waals surface area contributed by atoms with Crippen molar-refractivity contribution in [3.63, 3.8) is 0 Å². The van der Waals surface area contributed by atoms with E-state index in [1.807, 2.05) is 6.92 Å². The molecule has 0 aliphatic rings. The van der Waals surface area contributed by atoms with Crippen molar-refractivity contribution in [1.29, 1.82) is 0 Å². The van der Waals surface area contributed by atoms with Gasteiger partial charge in [0, 0.05) is 30.4 Å². The van der Waals surface area contributed by atoms with Crippen LogP contribution in [-0.4, -0.2) is 38.3 Å². The van der Waals surface area contributed by atoms with E-state index in [1.54, 1.807) is 25.1 Å². The second kappa shape index (κ2) is 8.89. The summed E-state index contributed by atoms with van der Waals surface area (Å²) >= 11 is 0. The van der Waals surface area contributed by atoms with Gasteiger partial charge in [-0.3, -0.25) is 0 Å². The van der Waals surface area contributed by atoms with Crippen molar-refractivity contribution in [2.24, 2.45) is 0 Å². The van der Waals surface area contributed by atoms with Crippen molar-refractivity contribution in [3.05, 3.63) is 35.6 Å². The van der Waals surface area contributed by atoms with Gasteiger partial charge >= 0.3 is 5.97 Å². The quantitative estimate of drug-likeness (QED) is 0.694. The summed E-state index contributed by atoms with van der Waals surface area (Å²) in [4.78, 5) is 16.4. The van der Waals surface area contributed by atoms with Gasteiger partial charge in [0.25, 0.3) is 0 Å². The van der Waals surface area contributed by atoms with E-state index in [-0.39, 0.29) is 23.8 Å². The van der Waals surface area contributed by atoms with Crippen molar-refractivity contribution in [2.45, 2.75) is 13.8 Å². The molecule has 7 nitrogen and oxygen atoms in total. The van der Waals surface area contributed by atoms with Crippen LogP contribution in [0.5, 0.6) is 11.5 Å². The number of benzene rings is 1. The fraction of sp³-hybridized carbons (Fsp3) is 0.333. The van der Waals surface area contributed by atoms with Gasteiger partial charge < -0.3 is 24.8 Å². The number of rotatable bonds is 8. The number of ether oxygens (including phenoxy) is 3. The van der Waals surface area contributed by atoms with E-state index in [0.717, 1.165) is 6.07 Å². The number of pyridine rings is 1. The Morgan fingerprint density at radius 2 is 1.73 bits per heavy atom. The molecule has 0 saturated heterocycles. The number of carbonyl (C=O) groups is 1. The smallest absolute Gasteiger partial charge is 0.342 e. The maximum atomic E-state index is 14.2. The first-order chi connectivity index (χ1) is 12.5. The average molecular weight is 363 g/mol. The first kappa shape index (κ1) is 19.3. The zero-order valence-electron chi connectivity index (χ0n) is 15.2. The minimum Gasteiger partial charge on any atom is -0.497 e. The predicted molar refractivity (Wildman–Crippen MR) is 97.1 cm³/mol. The predicted octanol–water partition coefficient (Wildman–Crippen LogP) is 3.59. The normalized spacial score (nSPS) is 10.2. The summed E-state index contributed by atoms with van der Waals surface area (Å²) in [6.45, 7) is 4.14. The van der Waals surface area contributed by atoms with Crippen molar-refractivity contribution in [1.82, 2.24) is 4.98 Å². The van der Waals surface area contributed by atoms with Crippen LogP contribution in [0.15, 0.2) is 24.3 Å². The Labute approximate surface area is 151 Å². The summed E-state index contributed by atoms with van der Waals surface area (Å²) in [5.41, 5.74) is 0.557. The lowest BCUT2D eigenvalue weighted by molar-refractivity contribution is 0.0526. The molecule has 26 heavy (non-hydrogen) atoms. The highest BCUT2D eigenvalue weighted by molar-refractivity contribution is 5.96. The highest BCUT2D eigenvalue weighted by atomic mass is 19.1. The standard InChI is InChI=1S/C18H22FN3O4/c1-5-20-17-15(19)10-14(18(23)26-6-2)16(22-17)21-11-7-12(24-3)9-13(8-11)25-4/h7-10H,5-6H2,1-4H3,(H2,20,21,22). The zero-order valence-corrected chi connectivity index (χ0v) is 15.2. The second-order valence-electron chi connectivity index (χ2n) is 5.19. The summed E-state index contributed by atoms with van der Waals surface area (Å²) in [7, 11) is 3.06. The van der Waals surface area contributed by atoms with Gasteiger partial charge in [-0.25, -0.2) is 14.2 Å². The molecule has 0 spiro atoms. The first-order valence-electron chi connectivity index (χ1n) is 8.14. The minimum absolute atomic E-state index is 0.00668. The van der Waals surface area contributed by atoms with Gasteiger partial charge in [-0.15, -0.1) is 0 Å². The third kappa shape index (κ3) is 4.53. The van der Waals surface area contributed by atoms with Crippen molar-refractivity contribution in [3.8, 4) is 11.5 Å². The molecule has 0 saturated carbocycles. The Morgan fingerprint density at radius 1 is 1.08 bits per heavy atom. The average Bonchev–Trinajstić information content (AvgIpc) is 2.64. The topological polar surface area (TPSA) is 81.7 Å². The number of esters is 1. The summed E-state index contributed by atoms with van der Waals surface area (Å²) < 4.78 is 29.6. The van der Waals surface area contributed by atoms with Gasteiger partial charge in [0.15, 0.2) is 11.6 Å². The molecule has 1 aromatic carbocycles. The lowest BCUT2D eigenvalue weighted by Gasteiger charge is -2.15. The molecular formula is C18H22FN3O4. The SMILES string of the molecule is CCNc1nc(Nc2cc(OC)cc(OC)c2)c(C(=O)OCC)cc1F. The van der Waals surface area contributed by atoms with Crippen molar-refractivity contribution < 1.29 is 23.4 Å². The molecule has 1 aromatic heterocycles. The number of hydrogen-bond acceptors (Lipinski definition) is 7. The van der Waals surface area contributed by atoms with Gasteiger partial charge in [0.1, 0.15) is 22.9 Å². The lowest BCUT2D eigenvalue weighted by Crippen LogP contribution is -2.13. The van der Waals surface area contributed by atoms with Gasteiger partial charge in [0.05, 0.1) is 20.8 Å². The number of aromatic nitrogens is 1. The third-order valence-electron chi connectivity index (χ3n) is 3.43. The molecule has 1 heterocycles. The molecule has 140 valence electrons. The largest absolute Gasteiger partial charge is 0.497 e. The minimum atomic E-state index is -0.667. The molecule has 0 bridgehead atoms. The van der Waals surface area contributed by atoms with Crippen LogP contribution in [0, 0.1) is 5.82 Å². The second-order valence-corrected chi connectivity index (χ2v) is 5.19. The molecule has 0 radical (unpaired) electrons. The van der Waals surface area contributed by atoms with Crippen LogP contribution in [0.25, 0.3) is 0 Å². The van der Waals surface area contributed by atoms with Crippen LogP contribution in [0.4, 0.5) is 21.7 Å². The van der Waals surface area contributed by atoms with Crippen molar-refractivity contribution in [2.75, 3.05) is 38.0 Å². The lowest BCUT2D eigenvalue weighted by atomic mass is 10.2. The van der Waals surface area contributed by atoms with Gasteiger partial charge in [-0.05, 0) is 19.9 Å². The summed E-state index contributed by atoms with van der Waals surface area (Å²) in [5, 5.41) is 5.83. The molecule has 0 aliphatic heterocycles. The number of hydrogen-bond donors (Lipinski definition) is 2. The summed E-state index contributed by atoms with van der Waals surface area (Å²) in [6.07, 6.45) is 0. The molecule has 0 aliphatic carbocycles. The molecule has 0 atom stereocenters. The van der Waals surface area contributed by atoms with E-state index in [2.05, 4.69) is 15.6 Å². The molecule has 8 heteroatoms. The highest BCUT2D eigenvalue weighted by Crippen LogP contribution is 2.30. The van der Waals surface area contributed by atoms with E-state index in [9.17, 15) is 9.18 Å². The van der Waals surface area contributed by atoms with Crippen LogP contribution in [0.3, 0.4) is 0 Å². The van der Waals surface area contributed by atoms with E-state index < -0.39 is 11.8 Å². The van der Waals surface area contributed by atoms with E-state index in [4.69, 9.17) is 14.2 Å². The zero-order chi connectivity index (χ0) is 19.1. The molecule has 0 amide bonds. The first-order valence-corrected chi connectivity index (χ1v) is 8.14. The number of nitrogens with zero attached hydrogens (tertiary/aromatic N) is 1. The number of halogens is 1. The van der Waals surface area contributed by atoms with Crippen LogP contribution < -0.4 is 20.1 Å². The maximum Gasteiger partial charge on any atom is 0.342 e. The van der Waals surface area contributed by atoms with Crippen LogP contribution in [0.1, 0.15) is 24.2 Å². The van der Waals surface area contributed by atoms with Gasteiger partial charge in [-0.1, -0.05) is 0 Å². The monoisotopic (exact) mass is 363 g/mol. The third-order valence-corrected chi connectivity index (χ3v) is 3.43.